The van der Waals surface area contributed by atoms with Crippen molar-refractivity contribution in [1.82, 2.24) is 4.72 Å². The molecule has 0 radical (unpaired) electrons. The zero-order valence-corrected chi connectivity index (χ0v) is 13.6. The van der Waals surface area contributed by atoms with Crippen LogP contribution in [0.25, 0.3) is 0 Å². The number of nitriles is 1. The summed E-state index contributed by atoms with van der Waals surface area (Å²) in [5.74, 6) is 0.712. The molecule has 0 spiro atoms. The minimum absolute atomic E-state index is 0.639. The monoisotopic (exact) mass is 314 g/mol. The van der Waals surface area contributed by atoms with Crippen LogP contribution in [0.15, 0.2) is 53.4 Å². The lowest BCUT2D eigenvalue weighted by Gasteiger charge is -2.23. The van der Waals surface area contributed by atoms with E-state index in [0.717, 1.165) is 11.1 Å². The molecule has 0 saturated heterocycles. The van der Waals surface area contributed by atoms with Gasteiger partial charge in [0, 0.05) is 0 Å². The first-order valence-electron chi connectivity index (χ1n) is 6.80. The highest BCUT2D eigenvalue weighted by molar-refractivity contribution is 7.83. The highest BCUT2D eigenvalue weighted by Crippen LogP contribution is 2.24. The van der Waals surface area contributed by atoms with E-state index >= 15 is 0 Å². The molecule has 2 aromatic rings. The van der Waals surface area contributed by atoms with Crippen LogP contribution >= 0.6 is 0 Å². The number of hydrogen-bond donors (Lipinski definition) is 1. The Bertz CT molecular complexity index is 705. The molecule has 1 N–H and O–H groups in total. The fraction of sp³-hybridized carbons (Fsp3) is 0.235. The fourth-order valence-corrected chi connectivity index (χ4v) is 3.01. The van der Waals surface area contributed by atoms with Gasteiger partial charge in [0.2, 0.25) is 0 Å². The van der Waals surface area contributed by atoms with Gasteiger partial charge in [0.15, 0.2) is 0 Å². The Balaban J connectivity index is 2.24. The minimum Gasteiger partial charge on any atom is -0.497 e. The van der Waals surface area contributed by atoms with E-state index in [1.54, 1.807) is 50.4 Å². The molecule has 4 nitrogen and oxygen atoms in total. The van der Waals surface area contributed by atoms with Gasteiger partial charge < -0.3 is 4.74 Å². The van der Waals surface area contributed by atoms with Crippen molar-refractivity contribution in [3.05, 3.63) is 59.7 Å². The van der Waals surface area contributed by atoms with E-state index in [0.29, 0.717) is 10.6 Å². The molecule has 0 amide bonds. The number of rotatable bonds is 5. The topological polar surface area (TPSA) is 62.1 Å². The van der Waals surface area contributed by atoms with E-state index in [9.17, 15) is 9.47 Å². The Morgan fingerprint density at radius 2 is 1.73 bits per heavy atom. The Morgan fingerprint density at radius 3 is 2.23 bits per heavy atom. The van der Waals surface area contributed by atoms with Gasteiger partial charge in [-0.1, -0.05) is 29.8 Å². The van der Waals surface area contributed by atoms with Crippen LogP contribution < -0.4 is 9.46 Å². The fourth-order valence-electron chi connectivity index (χ4n) is 1.98. The van der Waals surface area contributed by atoms with Crippen molar-refractivity contribution >= 4 is 11.0 Å². The maximum Gasteiger partial charge on any atom is 0.140 e. The van der Waals surface area contributed by atoms with Gasteiger partial charge in [0.1, 0.15) is 22.3 Å². The van der Waals surface area contributed by atoms with Gasteiger partial charge in [0.25, 0.3) is 0 Å². The van der Waals surface area contributed by atoms with Gasteiger partial charge in [0.05, 0.1) is 18.1 Å². The molecule has 2 atom stereocenters. The molecule has 22 heavy (non-hydrogen) atoms. The Labute approximate surface area is 133 Å². The Hall–Kier alpha value is -2.16. The third-order valence-electron chi connectivity index (χ3n) is 3.42. The van der Waals surface area contributed by atoms with Crippen molar-refractivity contribution in [2.45, 2.75) is 24.3 Å². The van der Waals surface area contributed by atoms with Gasteiger partial charge in [-0.15, -0.1) is 0 Å². The smallest absolute Gasteiger partial charge is 0.140 e. The lowest BCUT2D eigenvalue weighted by Crippen LogP contribution is -2.39. The largest absolute Gasteiger partial charge is 0.497 e. The van der Waals surface area contributed by atoms with Crippen molar-refractivity contribution in [2.24, 2.45) is 0 Å². The van der Waals surface area contributed by atoms with Gasteiger partial charge >= 0.3 is 0 Å². The molecule has 2 rings (SSSR count). The second kappa shape index (κ2) is 6.73. The first-order chi connectivity index (χ1) is 10.5. The van der Waals surface area contributed by atoms with Crippen LogP contribution in [0.3, 0.4) is 0 Å². The summed E-state index contributed by atoms with van der Waals surface area (Å²) in [5.41, 5.74) is 0.775. The Kier molecular flexibility index (Phi) is 4.96. The van der Waals surface area contributed by atoms with Crippen molar-refractivity contribution < 1.29 is 8.95 Å². The number of hydrogen-bond acceptors (Lipinski definition) is 3. The molecule has 114 valence electrons. The third-order valence-corrected chi connectivity index (χ3v) is 4.72. The molecule has 0 unspecified atom stereocenters. The van der Waals surface area contributed by atoms with Crippen molar-refractivity contribution in [3.8, 4) is 11.8 Å². The van der Waals surface area contributed by atoms with Crippen LogP contribution in [0.4, 0.5) is 0 Å². The summed E-state index contributed by atoms with van der Waals surface area (Å²) in [4.78, 5) is 0.639. The van der Waals surface area contributed by atoms with Gasteiger partial charge in [-0.25, -0.2) is 8.93 Å². The second-order valence-corrected chi connectivity index (χ2v) is 6.36. The molecule has 0 aromatic heterocycles. The molecular formula is C17H18N2O2S. The standard InChI is InChI=1S/C17H18N2O2S/c1-13-4-10-16(11-5-13)22(20)19-17(2,12-18)14-6-8-15(21-3)9-7-14/h4-11,19H,1-3H3/t17-,22-/m0/s1. The predicted molar refractivity (Wildman–Crippen MR) is 86.7 cm³/mol. The highest BCUT2D eigenvalue weighted by atomic mass is 32.2. The van der Waals surface area contributed by atoms with Gasteiger partial charge in [-0.2, -0.15) is 5.26 Å². The molecule has 2 aromatic carbocycles. The Morgan fingerprint density at radius 1 is 1.14 bits per heavy atom. The number of nitrogens with zero attached hydrogens (tertiary/aromatic N) is 1. The van der Waals surface area contributed by atoms with E-state index in [-0.39, 0.29) is 0 Å². The van der Waals surface area contributed by atoms with Crippen molar-refractivity contribution in [2.75, 3.05) is 7.11 Å². The van der Waals surface area contributed by atoms with Crippen LogP contribution in [0.1, 0.15) is 18.1 Å². The van der Waals surface area contributed by atoms with Crippen molar-refractivity contribution in [3.63, 3.8) is 0 Å². The first-order valence-corrected chi connectivity index (χ1v) is 7.95. The van der Waals surface area contributed by atoms with E-state index in [1.807, 2.05) is 19.1 Å². The van der Waals surface area contributed by atoms with Crippen molar-refractivity contribution in [1.29, 1.82) is 5.26 Å². The molecule has 0 bridgehead atoms. The minimum atomic E-state index is -1.47. The average molecular weight is 314 g/mol. The number of nitrogens with one attached hydrogen (secondary N) is 1. The van der Waals surface area contributed by atoms with Crippen LogP contribution in [0.5, 0.6) is 5.75 Å². The van der Waals surface area contributed by atoms with E-state index in [1.165, 1.54) is 0 Å². The first kappa shape index (κ1) is 16.2. The summed E-state index contributed by atoms with van der Waals surface area (Å²) in [6, 6.07) is 16.7. The summed E-state index contributed by atoms with van der Waals surface area (Å²) in [5, 5.41) is 9.53. The lowest BCUT2D eigenvalue weighted by atomic mass is 9.95. The average Bonchev–Trinajstić information content (AvgIpc) is 2.55. The number of methoxy groups -OCH3 is 1. The maximum atomic E-state index is 12.5. The van der Waals surface area contributed by atoms with E-state index < -0.39 is 16.5 Å². The molecule has 0 heterocycles. The van der Waals surface area contributed by atoms with Crippen LogP contribution in [0.2, 0.25) is 0 Å². The molecule has 0 fully saturated rings. The van der Waals surface area contributed by atoms with E-state index in [2.05, 4.69) is 10.8 Å². The zero-order chi connectivity index (χ0) is 16.2. The maximum absolute atomic E-state index is 12.5. The van der Waals surface area contributed by atoms with Gasteiger partial charge in [-0.3, -0.25) is 0 Å². The summed E-state index contributed by atoms with van der Waals surface area (Å²) in [7, 11) is 0.114. The lowest BCUT2D eigenvalue weighted by molar-refractivity contribution is 0.414. The number of ether oxygens (including phenoxy) is 1. The van der Waals surface area contributed by atoms with Crippen LogP contribution in [0, 0.1) is 18.3 Å². The summed E-state index contributed by atoms with van der Waals surface area (Å²) >= 11 is 0. The van der Waals surface area contributed by atoms with Crippen LogP contribution in [-0.4, -0.2) is 11.3 Å². The summed E-state index contributed by atoms with van der Waals surface area (Å²) in [6.07, 6.45) is 0. The molecule has 0 aliphatic rings. The molecule has 0 saturated carbocycles. The molecule has 0 aliphatic carbocycles. The predicted octanol–water partition coefficient (Wildman–Crippen LogP) is 3.05. The zero-order valence-electron chi connectivity index (χ0n) is 12.8. The quantitative estimate of drug-likeness (QED) is 0.922. The molecular weight excluding hydrogens is 296 g/mol. The molecule has 0 aliphatic heterocycles. The SMILES string of the molecule is COc1ccc([C@](C)(C#N)N[S@@](=O)c2ccc(C)cc2)cc1. The van der Waals surface area contributed by atoms with Gasteiger partial charge in [-0.05, 0) is 43.7 Å². The number of aryl methyl sites for hydroxylation is 1. The second-order valence-electron chi connectivity index (χ2n) is 5.15. The summed E-state index contributed by atoms with van der Waals surface area (Å²) in [6.45, 7) is 3.68. The third kappa shape index (κ3) is 3.53. The van der Waals surface area contributed by atoms with Crippen LogP contribution in [-0.2, 0) is 16.5 Å². The normalized spacial score (nSPS) is 14.6. The number of benzene rings is 2. The van der Waals surface area contributed by atoms with E-state index in [4.69, 9.17) is 4.74 Å². The molecule has 5 heteroatoms. The highest BCUT2D eigenvalue weighted by Gasteiger charge is 2.28. The summed E-state index contributed by atoms with van der Waals surface area (Å²) < 4.78 is 20.5.